The van der Waals surface area contributed by atoms with Crippen LogP contribution in [0.1, 0.15) is 11.6 Å². The minimum absolute atomic E-state index is 0.0599. The summed E-state index contributed by atoms with van der Waals surface area (Å²) in [5.41, 5.74) is 11.8. The number of nitrogens with two attached hydrogens (primary N) is 2. The fraction of sp³-hybridized carbons (Fsp3) is 0.250. The molecule has 0 fully saturated rings. The Hall–Kier alpha value is -0.770. The predicted molar refractivity (Wildman–Crippen MR) is 49.1 cm³/mol. The molecule has 0 aliphatic heterocycles. The average molecular weight is 187 g/mol. The Bertz CT molecular complexity index is 278. The van der Waals surface area contributed by atoms with Gasteiger partial charge < -0.3 is 16.6 Å². The molecule has 0 radical (unpaired) electrons. The lowest BCUT2D eigenvalue weighted by molar-refractivity contribution is 0.475. The minimum Gasteiger partial charge on any atom is -0.506 e. The van der Waals surface area contributed by atoms with Gasteiger partial charge in [-0.1, -0.05) is 17.7 Å². The first-order valence-corrected chi connectivity index (χ1v) is 3.97. The molecule has 0 spiro atoms. The first-order valence-electron chi connectivity index (χ1n) is 3.59. The van der Waals surface area contributed by atoms with Gasteiger partial charge in [0.25, 0.3) is 0 Å². The number of phenolic OH excluding ortho intramolecular Hbond substituents is 1. The van der Waals surface area contributed by atoms with Crippen molar-refractivity contribution in [2.45, 2.75) is 6.04 Å². The Balaban J connectivity index is 2.96. The Morgan fingerprint density at radius 2 is 2.17 bits per heavy atom. The normalized spacial score (nSPS) is 12.9. The average Bonchev–Trinajstić information content (AvgIpc) is 2.08. The zero-order chi connectivity index (χ0) is 9.14. The molecule has 12 heavy (non-hydrogen) atoms. The summed E-state index contributed by atoms with van der Waals surface area (Å²) in [5, 5.41) is 9.40. The van der Waals surface area contributed by atoms with Crippen LogP contribution in [0.2, 0.25) is 5.02 Å². The van der Waals surface area contributed by atoms with E-state index in [0.717, 1.165) is 5.56 Å². The molecular weight excluding hydrogens is 176 g/mol. The molecule has 1 aromatic rings. The van der Waals surface area contributed by atoms with Crippen LogP contribution < -0.4 is 11.5 Å². The summed E-state index contributed by atoms with van der Waals surface area (Å²) in [4.78, 5) is 0. The molecule has 0 aliphatic rings. The van der Waals surface area contributed by atoms with Gasteiger partial charge in [-0.25, -0.2) is 0 Å². The third-order valence-electron chi connectivity index (χ3n) is 1.65. The van der Waals surface area contributed by atoms with Gasteiger partial charge in [0, 0.05) is 12.6 Å². The van der Waals surface area contributed by atoms with Crippen molar-refractivity contribution in [2.75, 3.05) is 6.54 Å². The number of phenols is 1. The predicted octanol–water partition coefficient (Wildman–Crippen LogP) is 1.00. The van der Waals surface area contributed by atoms with E-state index in [2.05, 4.69) is 0 Å². The van der Waals surface area contributed by atoms with Crippen LogP contribution in [-0.2, 0) is 0 Å². The summed E-state index contributed by atoms with van der Waals surface area (Å²) in [6, 6.07) is 4.61. The maximum absolute atomic E-state index is 9.09. The molecule has 3 nitrogen and oxygen atoms in total. The van der Waals surface area contributed by atoms with E-state index in [0.29, 0.717) is 11.6 Å². The van der Waals surface area contributed by atoms with Gasteiger partial charge in [-0.2, -0.15) is 0 Å². The van der Waals surface area contributed by atoms with Crippen molar-refractivity contribution in [3.05, 3.63) is 28.8 Å². The smallest absolute Gasteiger partial charge is 0.134 e. The number of hydrogen-bond donors (Lipinski definition) is 3. The van der Waals surface area contributed by atoms with E-state index < -0.39 is 0 Å². The van der Waals surface area contributed by atoms with Crippen molar-refractivity contribution >= 4 is 11.6 Å². The molecule has 0 bridgehead atoms. The van der Waals surface area contributed by atoms with Crippen molar-refractivity contribution in [1.82, 2.24) is 0 Å². The second-order valence-corrected chi connectivity index (χ2v) is 2.96. The monoisotopic (exact) mass is 186 g/mol. The number of aromatic hydroxyl groups is 1. The van der Waals surface area contributed by atoms with Gasteiger partial charge in [-0.05, 0) is 17.7 Å². The zero-order valence-electron chi connectivity index (χ0n) is 6.50. The van der Waals surface area contributed by atoms with Gasteiger partial charge in [0.05, 0.1) is 5.02 Å². The summed E-state index contributed by atoms with van der Waals surface area (Å²) in [6.45, 7) is 0.362. The van der Waals surface area contributed by atoms with Gasteiger partial charge in [-0.3, -0.25) is 0 Å². The van der Waals surface area contributed by atoms with Crippen molar-refractivity contribution in [1.29, 1.82) is 0 Å². The van der Waals surface area contributed by atoms with E-state index in [9.17, 15) is 0 Å². The molecule has 0 amide bonds. The second kappa shape index (κ2) is 3.76. The molecule has 0 aliphatic carbocycles. The van der Waals surface area contributed by atoms with Crippen LogP contribution in [0.4, 0.5) is 0 Å². The summed E-state index contributed by atoms with van der Waals surface area (Å²) >= 11 is 5.67. The van der Waals surface area contributed by atoms with Crippen molar-refractivity contribution in [3.63, 3.8) is 0 Å². The molecule has 0 unspecified atom stereocenters. The Labute approximate surface area is 75.9 Å². The molecular formula is C8H11ClN2O. The van der Waals surface area contributed by atoms with Gasteiger partial charge in [0.15, 0.2) is 0 Å². The molecule has 1 rings (SSSR count). The first kappa shape index (κ1) is 9.32. The van der Waals surface area contributed by atoms with E-state index in [1.54, 1.807) is 12.1 Å². The lowest BCUT2D eigenvalue weighted by Gasteiger charge is -2.09. The number of halogens is 1. The molecule has 66 valence electrons. The standard InChI is InChI=1S/C8H11ClN2O/c9-6-3-5(7(11)4-10)1-2-8(6)12/h1-3,7,12H,4,10-11H2/t7-/m1/s1. The molecule has 4 heteroatoms. The summed E-state index contributed by atoms with van der Waals surface area (Å²) in [6.07, 6.45) is 0. The SMILES string of the molecule is NC[C@@H](N)c1ccc(O)c(Cl)c1. The van der Waals surface area contributed by atoms with Crippen LogP contribution in [0.15, 0.2) is 18.2 Å². The molecule has 0 aromatic heterocycles. The van der Waals surface area contributed by atoms with Crippen molar-refractivity contribution in [2.24, 2.45) is 11.5 Å². The Morgan fingerprint density at radius 1 is 1.50 bits per heavy atom. The van der Waals surface area contributed by atoms with Crippen LogP contribution in [-0.4, -0.2) is 11.7 Å². The fourth-order valence-electron chi connectivity index (χ4n) is 0.890. The number of benzene rings is 1. The molecule has 1 atom stereocenters. The molecule has 0 heterocycles. The zero-order valence-corrected chi connectivity index (χ0v) is 7.25. The fourth-order valence-corrected chi connectivity index (χ4v) is 1.08. The molecule has 0 saturated carbocycles. The maximum atomic E-state index is 9.09. The van der Waals surface area contributed by atoms with Crippen LogP contribution in [0, 0.1) is 0 Å². The van der Waals surface area contributed by atoms with E-state index in [4.69, 9.17) is 28.2 Å². The van der Waals surface area contributed by atoms with Gasteiger partial charge in [0.1, 0.15) is 5.75 Å². The van der Waals surface area contributed by atoms with Gasteiger partial charge >= 0.3 is 0 Å². The maximum Gasteiger partial charge on any atom is 0.134 e. The van der Waals surface area contributed by atoms with E-state index in [1.165, 1.54) is 6.07 Å². The minimum atomic E-state index is -0.219. The van der Waals surface area contributed by atoms with E-state index in [-0.39, 0.29) is 11.8 Å². The van der Waals surface area contributed by atoms with Crippen molar-refractivity contribution < 1.29 is 5.11 Å². The van der Waals surface area contributed by atoms with E-state index in [1.807, 2.05) is 0 Å². The number of rotatable bonds is 2. The lowest BCUT2D eigenvalue weighted by Crippen LogP contribution is -2.20. The first-order chi connectivity index (χ1) is 5.65. The van der Waals surface area contributed by atoms with E-state index >= 15 is 0 Å². The van der Waals surface area contributed by atoms with Crippen molar-refractivity contribution in [3.8, 4) is 5.75 Å². The summed E-state index contributed by atoms with van der Waals surface area (Å²) in [7, 11) is 0. The third kappa shape index (κ3) is 1.88. The second-order valence-electron chi connectivity index (χ2n) is 2.55. The largest absolute Gasteiger partial charge is 0.506 e. The third-order valence-corrected chi connectivity index (χ3v) is 1.96. The van der Waals surface area contributed by atoms with Gasteiger partial charge in [0.2, 0.25) is 0 Å². The highest BCUT2D eigenvalue weighted by molar-refractivity contribution is 6.32. The molecule has 5 N–H and O–H groups in total. The topological polar surface area (TPSA) is 72.3 Å². The molecule has 1 aromatic carbocycles. The van der Waals surface area contributed by atoms with Crippen LogP contribution in [0.3, 0.4) is 0 Å². The van der Waals surface area contributed by atoms with Crippen LogP contribution >= 0.6 is 11.6 Å². The highest BCUT2D eigenvalue weighted by Crippen LogP contribution is 2.25. The molecule has 0 saturated heterocycles. The van der Waals surface area contributed by atoms with Gasteiger partial charge in [-0.15, -0.1) is 0 Å². The number of hydrogen-bond acceptors (Lipinski definition) is 3. The summed E-state index contributed by atoms with van der Waals surface area (Å²) < 4.78 is 0. The van der Waals surface area contributed by atoms with Crippen LogP contribution in [0.5, 0.6) is 5.75 Å². The Morgan fingerprint density at radius 3 is 2.67 bits per heavy atom. The quantitative estimate of drug-likeness (QED) is 0.646. The lowest BCUT2D eigenvalue weighted by atomic mass is 10.1. The highest BCUT2D eigenvalue weighted by Gasteiger charge is 2.05. The van der Waals surface area contributed by atoms with Crippen LogP contribution in [0.25, 0.3) is 0 Å². The Kier molecular flexibility index (Phi) is 2.92. The highest BCUT2D eigenvalue weighted by atomic mass is 35.5. The summed E-state index contributed by atoms with van der Waals surface area (Å²) in [5.74, 6) is 0.0599.